The molecule has 0 amide bonds. The van der Waals surface area contributed by atoms with Crippen LogP contribution in [0.2, 0.25) is 0 Å². The number of benzene rings is 1. The summed E-state index contributed by atoms with van der Waals surface area (Å²) >= 11 is 0. The molecule has 7 atom stereocenters. The fourth-order valence-corrected chi connectivity index (χ4v) is 9.56. The maximum atomic E-state index is 14.2. The zero-order valence-corrected chi connectivity index (χ0v) is 26.9. The largest absolute Gasteiger partial charge is 0.509 e. The number of ether oxygens (including phenoxy) is 2. The number of aliphatic hydroxyl groups is 1. The smallest absolute Gasteiger partial charge is 0.434 e. The molecule has 0 saturated heterocycles. The molecule has 10 heteroatoms. The van der Waals surface area contributed by atoms with Crippen molar-refractivity contribution in [3.8, 4) is 0 Å². The van der Waals surface area contributed by atoms with E-state index in [1.54, 1.807) is 24.3 Å². The van der Waals surface area contributed by atoms with E-state index in [4.69, 9.17) is 13.7 Å². The highest BCUT2D eigenvalue weighted by atomic mass is 32.2. The molecule has 0 aromatic heterocycles. The molecule has 0 radical (unpaired) electrons. The molecule has 0 bridgehead atoms. The van der Waals surface area contributed by atoms with Gasteiger partial charge in [0.2, 0.25) is 5.78 Å². The molecule has 1 aromatic carbocycles. The average molecular weight is 629 g/mol. The number of carbonyl (C=O) groups excluding carboxylic acids is 3. The summed E-state index contributed by atoms with van der Waals surface area (Å²) in [6.45, 7) is 7.11. The van der Waals surface area contributed by atoms with Crippen molar-refractivity contribution < 1.29 is 41.6 Å². The number of fused-ring (bicyclic) bond motifs is 5. The minimum absolute atomic E-state index is 0.0141. The summed E-state index contributed by atoms with van der Waals surface area (Å²) in [6.07, 6.45) is 8.04. The molecule has 4 aliphatic rings. The van der Waals surface area contributed by atoms with Crippen LogP contribution in [-0.4, -0.2) is 56.2 Å². The second-order valence-electron chi connectivity index (χ2n) is 13.4. The van der Waals surface area contributed by atoms with Crippen LogP contribution in [-0.2, 0) is 33.4 Å². The summed E-state index contributed by atoms with van der Waals surface area (Å²) in [5.74, 6) is -1.02. The van der Waals surface area contributed by atoms with Gasteiger partial charge in [-0.2, -0.15) is 8.42 Å². The molecule has 3 saturated carbocycles. The third-order valence-corrected chi connectivity index (χ3v) is 12.2. The lowest BCUT2D eigenvalue weighted by Crippen LogP contribution is -2.63. The number of carbonyl (C=O) groups is 3. The van der Waals surface area contributed by atoms with E-state index in [2.05, 4.69) is 6.92 Å². The van der Waals surface area contributed by atoms with Crippen molar-refractivity contribution in [3.05, 3.63) is 53.6 Å². The third kappa shape index (κ3) is 5.58. The molecule has 240 valence electrons. The highest BCUT2D eigenvalue weighted by Gasteiger charge is 2.70. The molecule has 0 heterocycles. The number of unbranched alkanes of at least 4 members (excludes halogenated alkanes) is 2. The van der Waals surface area contributed by atoms with E-state index >= 15 is 0 Å². The van der Waals surface area contributed by atoms with Crippen LogP contribution in [0.25, 0.3) is 0 Å². The van der Waals surface area contributed by atoms with Crippen molar-refractivity contribution in [2.24, 2.45) is 28.6 Å². The van der Waals surface area contributed by atoms with E-state index < -0.39 is 51.2 Å². The quantitative estimate of drug-likeness (QED) is 0.199. The van der Waals surface area contributed by atoms with Crippen molar-refractivity contribution >= 4 is 27.8 Å². The first-order valence-electron chi connectivity index (χ1n) is 15.7. The lowest BCUT2D eigenvalue weighted by molar-refractivity contribution is -0.183. The van der Waals surface area contributed by atoms with Crippen LogP contribution in [0.1, 0.15) is 77.7 Å². The molecule has 44 heavy (non-hydrogen) atoms. The van der Waals surface area contributed by atoms with E-state index in [1.165, 1.54) is 12.1 Å². The minimum Gasteiger partial charge on any atom is -0.434 e. The van der Waals surface area contributed by atoms with Crippen LogP contribution in [0.4, 0.5) is 4.79 Å². The SMILES string of the molecule is CCCCCOC(=O)O[C@]1(C(=O)COS(=O)(=O)c2ccc(C)cc2)CC[C@H]2[C@@H]3CCC4=CC(=O)C=C[C@]4(C)[C@H]3C(O)C[C@@]21C. The minimum atomic E-state index is -4.27. The number of rotatable bonds is 10. The number of allylic oxidation sites excluding steroid dienone is 4. The van der Waals surface area contributed by atoms with Gasteiger partial charge in [0.15, 0.2) is 11.4 Å². The van der Waals surface area contributed by atoms with Gasteiger partial charge in [0.1, 0.15) is 6.61 Å². The Hall–Kier alpha value is -2.82. The van der Waals surface area contributed by atoms with Crippen LogP contribution < -0.4 is 0 Å². The Morgan fingerprint density at radius 1 is 1.09 bits per heavy atom. The Kier molecular flexibility index (Phi) is 9.01. The number of aliphatic hydroxyl groups excluding tert-OH is 1. The van der Waals surface area contributed by atoms with Crippen molar-refractivity contribution in [2.75, 3.05) is 13.2 Å². The Bertz CT molecular complexity index is 1460. The van der Waals surface area contributed by atoms with Gasteiger partial charge in [0.25, 0.3) is 10.1 Å². The van der Waals surface area contributed by atoms with Crippen molar-refractivity contribution in [1.29, 1.82) is 0 Å². The molecule has 4 aliphatic carbocycles. The Morgan fingerprint density at radius 3 is 2.52 bits per heavy atom. The van der Waals surface area contributed by atoms with Gasteiger partial charge in [-0.25, -0.2) is 4.79 Å². The predicted octanol–water partition coefficient (Wildman–Crippen LogP) is 5.63. The molecule has 1 N–H and O–H groups in total. The van der Waals surface area contributed by atoms with E-state index in [0.29, 0.717) is 25.7 Å². The van der Waals surface area contributed by atoms with E-state index in [9.17, 15) is 27.9 Å². The van der Waals surface area contributed by atoms with E-state index in [1.807, 2.05) is 26.8 Å². The number of hydrogen-bond acceptors (Lipinski definition) is 9. The molecule has 1 aromatic rings. The fraction of sp³-hybridized carbons (Fsp3) is 0.618. The normalized spacial score (nSPS) is 34.4. The van der Waals surface area contributed by atoms with Gasteiger partial charge >= 0.3 is 6.16 Å². The number of aryl methyl sites for hydroxylation is 1. The zero-order chi connectivity index (χ0) is 31.9. The van der Waals surface area contributed by atoms with Gasteiger partial charge < -0.3 is 14.6 Å². The molecule has 9 nitrogen and oxygen atoms in total. The van der Waals surface area contributed by atoms with Crippen LogP contribution in [0.3, 0.4) is 0 Å². The van der Waals surface area contributed by atoms with Gasteiger partial charge in [0, 0.05) is 16.7 Å². The van der Waals surface area contributed by atoms with Gasteiger partial charge in [-0.3, -0.25) is 13.8 Å². The van der Waals surface area contributed by atoms with Gasteiger partial charge in [-0.1, -0.05) is 63.0 Å². The fourth-order valence-electron chi connectivity index (χ4n) is 8.70. The molecule has 5 rings (SSSR count). The Labute approximate surface area is 260 Å². The maximum absolute atomic E-state index is 14.2. The second kappa shape index (κ2) is 12.2. The van der Waals surface area contributed by atoms with Crippen molar-refractivity contribution in [2.45, 2.75) is 95.7 Å². The lowest BCUT2D eigenvalue weighted by Gasteiger charge is -2.59. The summed E-state index contributed by atoms with van der Waals surface area (Å²) in [6, 6.07) is 6.11. The Morgan fingerprint density at radius 2 is 1.82 bits per heavy atom. The molecule has 0 aliphatic heterocycles. The van der Waals surface area contributed by atoms with Crippen LogP contribution >= 0.6 is 0 Å². The summed E-state index contributed by atoms with van der Waals surface area (Å²) in [5, 5.41) is 11.8. The predicted molar refractivity (Wildman–Crippen MR) is 162 cm³/mol. The topological polar surface area (TPSA) is 133 Å². The second-order valence-corrected chi connectivity index (χ2v) is 15.1. The number of Topliss-reactive ketones (excluding diaryl/α,β-unsaturated/α-hetero) is 1. The van der Waals surface area contributed by atoms with Crippen LogP contribution in [0.5, 0.6) is 0 Å². The van der Waals surface area contributed by atoms with Crippen LogP contribution in [0, 0.1) is 35.5 Å². The van der Waals surface area contributed by atoms with Crippen molar-refractivity contribution in [3.63, 3.8) is 0 Å². The maximum Gasteiger partial charge on any atom is 0.509 e. The van der Waals surface area contributed by atoms with Gasteiger partial charge in [0.05, 0.1) is 17.6 Å². The molecule has 3 fully saturated rings. The first-order chi connectivity index (χ1) is 20.8. The highest BCUT2D eigenvalue weighted by molar-refractivity contribution is 7.86. The van der Waals surface area contributed by atoms with Gasteiger partial charge in [-0.15, -0.1) is 0 Å². The number of ketones is 2. The molecular formula is C34H44O9S. The molecule has 1 unspecified atom stereocenters. The number of hydrogen-bond donors (Lipinski definition) is 1. The Balaban J connectivity index is 1.45. The van der Waals surface area contributed by atoms with Crippen LogP contribution in [0.15, 0.2) is 53.0 Å². The highest BCUT2D eigenvalue weighted by Crippen LogP contribution is 2.68. The average Bonchev–Trinajstić information content (AvgIpc) is 3.26. The van der Waals surface area contributed by atoms with E-state index in [-0.39, 0.29) is 47.9 Å². The molecule has 0 spiro atoms. The summed E-state index contributed by atoms with van der Waals surface area (Å²) < 4.78 is 42.7. The van der Waals surface area contributed by atoms with E-state index in [0.717, 1.165) is 24.0 Å². The monoisotopic (exact) mass is 628 g/mol. The third-order valence-electron chi connectivity index (χ3n) is 10.9. The summed E-state index contributed by atoms with van der Waals surface area (Å²) in [5.41, 5.74) is -1.37. The summed E-state index contributed by atoms with van der Waals surface area (Å²) in [7, 11) is -4.27. The molecular weight excluding hydrogens is 584 g/mol. The first-order valence-corrected chi connectivity index (χ1v) is 17.2. The van der Waals surface area contributed by atoms with Crippen molar-refractivity contribution in [1.82, 2.24) is 0 Å². The zero-order valence-electron chi connectivity index (χ0n) is 26.0. The standard InChI is InChI=1S/C34H44O9S/c1-5-6-7-18-41-31(38)43-34(29(37)21-42-44(39,40)25-11-8-22(2)9-12-25)17-15-27-26-13-10-23-19-24(35)14-16-32(23,3)30(26)28(36)20-33(27,34)4/h8-9,11-12,14,16,19,26-28,30,36H,5-7,10,13,15,17-18,20-21H2,1-4H3/t26-,27-,28?,30+,32-,33-,34-/m0/s1. The van der Waals surface area contributed by atoms with Gasteiger partial charge in [-0.05, 0) is 81.6 Å². The summed E-state index contributed by atoms with van der Waals surface area (Å²) in [4.78, 5) is 39.4. The lowest BCUT2D eigenvalue weighted by atomic mass is 9.46. The first kappa shape index (κ1) is 32.6.